The summed E-state index contributed by atoms with van der Waals surface area (Å²) in [6.45, 7) is 4.32. The zero-order valence-electron chi connectivity index (χ0n) is 12.6. The second-order valence-electron chi connectivity index (χ2n) is 5.98. The van der Waals surface area contributed by atoms with Crippen molar-refractivity contribution in [1.82, 2.24) is 19.6 Å². The lowest BCUT2D eigenvalue weighted by Crippen LogP contribution is -2.47. The average Bonchev–Trinajstić information content (AvgIpc) is 2.76. The minimum atomic E-state index is 0.125. The van der Waals surface area contributed by atoms with Gasteiger partial charge in [-0.3, -0.25) is 9.58 Å². The SMILES string of the molecule is CC(N)C(c1cnn(C)c1)N1CCC(N(C)C)CC1. The average molecular weight is 265 g/mol. The van der Waals surface area contributed by atoms with Crippen molar-refractivity contribution in [3.8, 4) is 0 Å². The van der Waals surface area contributed by atoms with Crippen LogP contribution in [0.3, 0.4) is 0 Å². The monoisotopic (exact) mass is 265 g/mol. The van der Waals surface area contributed by atoms with Gasteiger partial charge in [-0.2, -0.15) is 5.10 Å². The van der Waals surface area contributed by atoms with Gasteiger partial charge >= 0.3 is 0 Å². The van der Waals surface area contributed by atoms with E-state index in [0.717, 1.165) is 13.1 Å². The van der Waals surface area contributed by atoms with Gasteiger partial charge in [0.25, 0.3) is 0 Å². The molecule has 19 heavy (non-hydrogen) atoms. The van der Waals surface area contributed by atoms with Crippen LogP contribution in [0.15, 0.2) is 12.4 Å². The van der Waals surface area contributed by atoms with Gasteiger partial charge in [0.15, 0.2) is 0 Å². The molecule has 1 aliphatic heterocycles. The molecule has 5 heteroatoms. The third kappa shape index (κ3) is 3.35. The molecule has 0 radical (unpaired) electrons. The van der Waals surface area contributed by atoms with Crippen molar-refractivity contribution < 1.29 is 0 Å². The number of hydrogen-bond donors (Lipinski definition) is 1. The topological polar surface area (TPSA) is 50.3 Å². The summed E-state index contributed by atoms with van der Waals surface area (Å²) >= 11 is 0. The molecule has 1 aromatic rings. The van der Waals surface area contributed by atoms with Crippen LogP contribution in [0.2, 0.25) is 0 Å². The van der Waals surface area contributed by atoms with Crippen LogP contribution in [0.25, 0.3) is 0 Å². The van der Waals surface area contributed by atoms with Crippen molar-refractivity contribution in [3.63, 3.8) is 0 Å². The summed E-state index contributed by atoms with van der Waals surface area (Å²) in [6.07, 6.45) is 6.48. The predicted octanol–water partition coefficient (Wildman–Crippen LogP) is 0.834. The fraction of sp³-hybridized carbons (Fsp3) is 0.786. The molecule has 1 saturated heterocycles. The highest BCUT2D eigenvalue weighted by molar-refractivity contribution is 5.13. The van der Waals surface area contributed by atoms with Crippen LogP contribution < -0.4 is 5.73 Å². The van der Waals surface area contributed by atoms with Gasteiger partial charge < -0.3 is 10.6 Å². The first-order valence-electron chi connectivity index (χ1n) is 7.13. The highest BCUT2D eigenvalue weighted by atomic mass is 15.3. The maximum absolute atomic E-state index is 6.21. The van der Waals surface area contributed by atoms with Crippen molar-refractivity contribution in [1.29, 1.82) is 0 Å². The van der Waals surface area contributed by atoms with Gasteiger partial charge in [0, 0.05) is 44.0 Å². The van der Waals surface area contributed by atoms with E-state index in [4.69, 9.17) is 5.73 Å². The molecule has 1 aliphatic rings. The van der Waals surface area contributed by atoms with E-state index >= 15 is 0 Å². The predicted molar refractivity (Wildman–Crippen MR) is 77.9 cm³/mol. The highest BCUT2D eigenvalue weighted by Gasteiger charge is 2.29. The molecule has 2 unspecified atom stereocenters. The number of nitrogens with zero attached hydrogens (tertiary/aromatic N) is 4. The zero-order chi connectivity index (χ0) is 14.0. The van der Waals surface area contributed by atoms with Crippen molar-refractivity contribution >= 4 is 0 Å². The molecule has 108 valence electrons. The molecular weight excluding hydrogens is 238 g/mol. The second kappa shape index (κ2) is 6.03. The molecule has 1 fully saturated rings. The maximum atomic E-state index is 6.21. The summed E-state index contributed by atoms with van der Waals surface area (Å²) in [5.41, 5.74) is 7.45. The Bertz CT molecular complexity index is 390. The van der Waals surface area contributed by atoms with Crippen LogP contribution in [0.4, 0.5) is 0 Å². The quantitative estimate of drug-likeness (QED) is 0.876. The Morgan fingerprint density at radius 1 is 1.37 bits per heavy atom. The molecule has 1 aromatic heterocycles. The van der Waals surface area contributed by atoms with Gasteiger partial charge in [-0.1, -0.05) is 0 Å². The molecule has 0 bridgehead atoms. The van der Waals surface area contributed by atoms with E-state index in [1.54, 1.807) is 0 Å². The van der Waals surface area contributed by atoms with Crippen LogP contribution in [-0.4, -0.2) is 58.8 Å². The Morgan fingerprint density at radius 3 is 2.42 bits per heavy atom. The van der Waals surface area contributed by atoms with Crippen LogP contribution in [-0.2, 0) is 7.05 Å². The minimum absolute atomic E-state index is 0.125. The van der Waals surface area contributed by atoms with Gasteiger partial charge in [-0.25, -0.2) is 0 Å². The van der Waals surface area contributed by atoms with Crippen LogP contribution in [0.1, 0.15) is 31.4 Å². The summed E-state index contributed by atoms with van der Waals surface area (Å²) in [4.78, 5) is 4.85. The van der Waals surface area contributed by atoms with Gasteiger partial charge in [-0.05, 0) is 33.9 Å². The first kappa shape index (κ1) is 14.5. The summed E-state index contributed by atoms with van der Waals surface area (Å²) < 4.78 is 1.86. The van der Waals surface area contributed by atoms with E-state index in [1.807, 2.05) is 17.9 Å². The summed E-state index contributed by atoms with van der Waals surface area (Å²) in [7, 11) is 6.30. The number of rotatable bonds is 4. The molecular formula is C14H27N5. The van der Waals surface area contributed by atoms with Crippen molar-refractivity contribution in [2.45, 2.75) is 37.9 Å². The maximum Gasteiger partial charge on any atom is 0.0538 e. The van der Waals surface area contributed by atoms with E-state index < -0.39 is 0 Å². The van der Waals surface area contributed by atoms with E-state index in [2.05, 4.69) is 42.1 Å². The summed E-state index contributed by atoms with van der Waals surface area (Å²) in [5.74, 6) is 0. The lowest BCUT2D eigenvalue weighted by Gasteiger charge is -2.40. The number of aromatic nitrogens is 2. The lowest BCUT2D eigenvalue weighted by molar-refractivity contribution is 0.0982. The number of likely N-dealkylation sites (tertiary alicyclic amines) is 1. The molecule has 2 heterocycles. The molecule has 2 N–H and O–H groups in total. The number of nitrogens with two attached hydrogens (primary N) is 1. The number of piperidine rings is 1. The van der Waals surface area contributed by atoms with Crippen LogP contribution in [0, 0.1) is 0 Å². The molecule has 0 aromatic carbocycles. The normalized spacial score (nSPS) is 21.8. The molecule has 5 nitrogen and oxygen atoms in total. The minimum Gasteiger partial charge on any atom is -0.326 e. The first-order valence-corrected chi connectivity index (χ1v) is 7.13. The zero-order valence-corrected chi connectivity index (χ0v) is 12.6. The van der Waals surface area contributed by atoms with E-state index in [0.29, 0.717) is 6.04 Å². The largest absolute Gasteiger partial charge is 0.326 e. The molecule has 0 spiro atoms. The van der Waals surface area contributed by atoms with Gasteiger partial charge in [0.2, 0.25) is 0 Å². The number of aryl methyl sites for hydroxylation is 1. The number of hydrogen-bond acceptors (Lipinski definition) is 4. The Morgan fingerprint density at radius 2 is 2.00 bits per heavy atom. The van der Waals surface area contributed by atoms with Crippen LogP contribution >= 0.6 is 0 Å². The highest BCUT2D eigenvalue weighted by Crippen LogP contribution is 2.27. The Kier molecular flexibility index (Phi) is 4.60. The molecule has 2 atom stereocenters. The molecule has 0 saturated carbocycles. The fourth-order valence-electron chi connectivity index (χ4n) is 3.12. The van der Waals surface area contributed by atoms with Crippen molar-refractivity contribution in [2.24, 2.45) is 12.8 Å². The molecule has 0 aliphatic carbocycles. The van der Waals surface area contributed by atoms with E-state index in [1.165, 1.54) is 18.4 Å². The third-order valence-electron chi connectivity index (χ3n) is 4.19. The summed E-state index contributed by atoms with van der Waals surface area (Å²) in [6, 6.07) is 1.12. The molecule has 0 amide bonds. The Balaban J connectivity index is 2.05. The smallest absolute Gasteiger partial charge is 0.0538 e. The second-order valence-corrected chi connectivity index (χ2v) is 5.98. The first-order chi connectivity index (χ1) is 8.99. The van der Waals surface area contributed by atoms with Crippen LogP contribution in [0.5, 0.6) is 0 Å². The fourth-order valence-corrected chi connectivity index (χ4v) is 3.12. The molecule has 2 rings (SSSR count). The van der Waals surface area contributed by atoms with E-state index in [9.17, 15) is 0 Å². The lowest BCUT2D eigenvalue weighted by atomic mass is 9.97. The Hall–Kier alpha value is -0.910. The van der Waals surface area contributed by atoms with Gasteiger partial charge in [0.1, 0.15) is 0 Å². The van der Waals surface area contributed by atoms with Crippen molar-refractivity contribution in [2.75, 3.05) is 27.2 Å². The van der Waals surface area contributed by atoms with Crippen molar-refractivity contribution in [3.05, 3.63) is 18.0 Å². The standard InChI is InChI=1S/C14H27N5/c1-11(15)14(12-9-16-18(4)10-12)19-7-5-13(6-8-19)17(2)3/h9-11,13-14H,5-8,15H2,1-4H3. The van der Waals surface area contributed by atoms with E-state index in [-0.39, 0.29) is 12.1 Å². The third-order valence-corrected chi connectivity index (χ3v) is 4.19. The Labute approximate surface area is 116 Å². The van der Waals surface area contributed by atoms with Gasteiger partial charge in [0.05, 0.1) is 12.2 Å². The summed E-state index contributed by atoms with van der Waals surface area (Å²) in [5, 5.41) is 4.28. The van der Waals surface area contributed by atoms with Gasteiger partial charge in [-0.15, -0.1) is 0 Å².